The summed E-state index contributed by atoms with van der Waals surface area (Å²) in [6, 6.07) is -0.975. The minimum atomic E-state index is -1.98. The monoisotopic (exact) mass is 950 g/mol. The first kappa shape index (κ1) is 58.3. The number of carbonyl (C=O) groups excluding carboxylic acids is 1. The lowest BCUT2D eigenvalue weighted by Crippen LogP contribution is -2.66. The molecule has 0 aliphatic carbocycles. The normalized spacial score (nSPS) is 34.1. The maximum absolute atomic E-state index is 13.1. The summed E-state index contributed by atoms with van der Waals surface area (Å²) in [7, 11) is 0. The van der Waals surface area contributed by atoms with Gasteiger partial charge in [0.1, 0.15) is 73.2 Å². The molecule has 3 fully saturated rings. The quantitative estimate of drug-likeness (QED) is 0.0325. The standard InChI is InChI=1S/C47H83NO18/c1-3-5-7-9-11-12-13-14-15-16-17-19-21-23-25-35(53)48-30(31(52)24-22-20-18-10-8-6-4-2)29-61-45-41(59)38(56)43(33(27-50)63-45)66-47-42(60)39(57)44(34(28-51)64-47)65-46-40(58)37(55)36(54)32(26-49)62-46/h9,11,13-14,22,24,30-34,36-47,49-52,54-60H,3-8,10,12,15-21,23,25-29H2,1-2H3,(H,48,53)/b11-9-,14-13-,24-22+. The zero-order valence-corrected chi connectivity index (χ0v) is 38.9. The van der Waals surface area contributed by atoms with Crippen LogP contribution < -0.4 is 5.32 Å². The lowest BCUT2D eigenvalue weighted by Gasteiger charge is -2.48. The molecule has 0 aromatic carbocycles. The van der Waals surface area contributed by atoms with Crippen molar-refractivity contribution in [2.45, 2.75) is 227 Å². The van der Waals surface area contributed by atoms with Crippen LogP contribution in [0.1, 0.15) is 123 Å². The fourth-order valence-corrected chi connectivity index (χ4v) is 8.03. The minimum Gasteiger partial charge on any atom is -0.394 e. The Bertz CT molecular complexity index is 1370. The van der Waals surface area contributed by atoms with E-state index in [1.54, 1.807) is 6.08 Å². The fraction of sp³-hybridized carbons (Fsp3) is 0.851. The number of hydrogen-bond acceptors (Lipinski definition) is 18. The summed E-state index contributed by atoms with van der Waals surface area (Å²) in [6.07, 6.45) is 1.90. The van der Waals surface area contributed by atoms with Gasteiger partial charge in [0.05, 0.1) is 38.6 Å². The maximum Gasteiger partial charge on any atom is 0.220 e. The lowest BCUT2D eigenvalue weighted by molar-refractivity contribution is -0.379. The summed E-state index contributed by atoms with van der Waals surface area (Å²) in [5, 5.41) is 119. The molecule has 0 bridgehead atoms. The van der Waals surface area contributed by atoms with Crippen molar-refractivity contribution in [1.82, 2.24) is 5.32 Å². The SMILES string of the molecule is CCCC/C=C\C/C=C\CCCCCCCC(=O)NC(COC1OC(CO)C(OC2OC(CO)C(OC3OC(CO)C(O)C(O)C3O)C(O)C2O)C(O)C1O)C(O)/C=C/CCCCCCC. The van der Waals surface area contributed by atoms with Crippen molar-refractivity contribution in [1.29, 1.82) is 0 Å². The van der Waals surface area contributed by atoms with E-state index in [0.717, 1.165) is 83.5 Å². The number of amides is 1. The summed E-state index contributed by atoms with van der Waals surface area (Å²) >= 11 is 0. The van der Waals surface area contributed by atoms with E-state index in [1.165, 1.54) is 12.8 Å². The lowest BCUT2D eigenvalue weighted by atomic mass is 9.96. The van der Waals surface area contributed by atoms with Crippen LogP contribution in [0.2, 0.25) is 0 Å². The van der Waals surface area contributed by atoms with Crippen molar-refractivity contribution in [3.8, 4) is 0 Å². The number of hydrogen-bond donors (Lipinski definition) is 12. The van der Waals surface area contributed by atoms with Crippen LogP contribution in [0.3, 0.4) is 0 Å². The van der Waals surface area contributed by atoms with Crippen molar-refractivity contribution < 1.29 is 89.4 Å². The van der Waals surface area contributed by atoms with E-state index in [-0.39, 0.29) is 18.9 Å². The van der Waals surface area contributed by atoms with Crippen LogP contribution in [0, 0.1) is 0 Å². The molecule has 0 aromatic heterocycles. The third-order valence-corrected chi connectivity index (χ3v) is 12.2. The Morgan fingerprint density at radius 3 is 1.59 bits per heavy atom. The van der Waals surface area contributed by atoms with Gasteiger partial charge in [-0.15, -0.1) is 0 Å². The van der Waals surface area contributed by atoms with Crippen LogP contribution in [-0.2, 0) is 33.2 Å². The number of nitrogens with one attached hydrogen (secondary N) is 1. The molecule has 17 atom stereocenters. The second-order valence-electron chi connectivity index (χ2n) is 17.6. The number of rotatable bonds is 32. The molecule has 1 amide bonds. The van der Waals surface area contributed by atoms with Crippen molar-refractivity contribution in [3.05, 3.63) is 36.5 Å². The zero-order valence-electron chi connectivity index (χ0n) is 38.9. The summed E-state index contributed by atoms with van der Waals surface area (Å²) in [4.78, 5) is 13.1. The molecule has 66 heavy (non-hydrogen) atoms. The van der Waals surface area contributed by atoms with Crippen LogP contribution in [0.5, 0.6) is 0 Å². The van der Waals surface area contributed by atoms with Crippen molar-refractivity contribution in [2.24, 2.45) is 0 Å². The first-order valence-electron chi connectivity index (χ1n) is 24.2. The Kier molecular flexibility index (Phi) is 28.9. The summed E-state index contributed by atoms with van der Waals surface area (Å²) in [5.41, 5.74) is 0. The number of allylic oxidation sites excluding steroid dienone is 5. The molecule has 0 spiro atoms. The predicted molar refractivity (Wildman–Crippen MR) is 240 cm³/mol. The molecule has 384 valence electrons. The topological polar surface area (TPSA) is 307 Å². The Morgan fingerprint density at radius 2 is 1.02 bits per heavy atom. The number of ether oxygens (including phenoxy) is 6. The van der Waals surface area contributed by atoms with E-state index in [0.29, 0.717) is 6.42 Å². The Hall–Kier alpha value is -1.99. The molecule has 3 heterocycles. The molecular weight excluding hydrogens is 867 g/mol. The molecule has 3 aliphatic heterocycles. The first-order valence-corrected chi connectivity index (χ1v) is 24.2. The summed E-state index contributed by atoms with van der Waals surface area (Å²) < 4.78 is 34.0. The van der Waals surface area contributed by atoms with Gasteiger partial charge in [0.2, 0.25) is 5.91 Å². The molecule has 3 aliphatic rings. The molecule has 19 nitrogen and oxygen atoms in total. The van der Waals surface area contributed by atoms with Gasteiger partial charge >= 0.3 is 0 Å². The van der Waals surface area contributed by atoms with Crippen molar-refractivity contribution >= 4 is 5.91 Å². The Labute approximate surface area is 390 Å². The van der Waals surface area contributed by atoms with Gasteiger partial charge in [0.25, 0.3) is 0 Å². The number of aliphatic hydroxyl groups is 11. The highest BCUT2D eigenvalue weighted by atomic mass is 16.8. The molecule has 3 saturated heterocycles. The van der Waals surface area contributed by atoms with E-state index < -0.39 is 124 Å². The zero-order chi connectivity index (χ0) is 48.4. The number of carbonyl (C=O) groups is 1. The van der Waals surface area contributed by atoms with Gasteiger partial charge in [0.15, 0.2) is 18.9 Å². The third kappa shape index (κ3) is 19.1. The molecule has 3 rings (SSSR count). The van der Waals surface area contributed by atoms with Gasteiger partial charge < -0.3 is 89.9 Å². The largest absolute Gasteiger partial charge is 0.394 e. The molecular formula is C47H83NO18. The number of aliphatic hydroxyl groups excluding tert-OH is 11. The van der Waals surface area contributed by atoms with E-state index in [2.05, 4.69) is 43.5 Å². The smallest absolute Gasteiger partial charge is 0.220 e. The summed E-state index contributed by atoms with van der Waals surface area (Å²) in [6.45, 7) is 1.54. The van der Waals surface area contributed by atoms with Crippen LogP contribution in [-0.4, -0.2) is 193 Å². The second-order valence-corrected chi connectivity index (χ2v) is 17.6. The molecule has 0 saturated carbocycles. The molecule has 0 radical (unpaired) electrons. The second kappa shape index (κ2) is 32.8. The van der Waals surface area contributed by atoms with Crippen LogP contribution in [0.4, 0.5) is 0 Å². The highest BCUT2D eigenvalue weighted by molar-refractivity contribution is 5.76. The van der Waals surface area contributed by atoms with Gasteiger partial charge in [-0.05, 0) is 44.9 Å². The van der Waals surface area contributed by atoms with Gasteiger partial charge in [-0.25, -0.2) is 0 Å². The van der Waals surface area contributed by atoms with E-state index in [1.807, 2.05) is 6.08 Å². The van der Waals surface area contributed by atoms with Crippen molar-refractivity contribution in [3.63, 3.8) is 0 Å². The predicted octanol–water partition coefficient (Wildman–Crippen LogP) is 0.637. The molecule has 17 unspecified atom stereocenters. The van der Waals surface area contributed by atoms with Crippen molar-refractivity contribution in [2.75, 3.05) is 26.4 Å². The maximum atomic E-state index is 13.1. The van der Waals surface area contributed by atoms with E-state index in [4.69, 9.17) is 28.4 Å². The Morgan fingerprint density at radius 1 is 0.545 bits per heavy atom. The Balaban J connectivity index is 1.56. The average Bonchev–Trinajstić information content (AvgIpc) is 3.31. The van der Waals surface area contributed by atoms with Crippen LogP contribution in [0.25, 0.3) is 0 Å². The van der Waals surface area contributed by atoms with Gasteiger partial charge in [-0.3, -0.25) is 4.79 Å². The van der Waals surface area contributed by atoms with Crippen LogP contribution in [0.15, 0.2) is 36.5 Å². The van der Waals surface area contributed by atoms with Gasteiger partial charge in [-0.1, -0.05) is 108 Å². The highest BCUT2D eigenvalue weighted by Crippen LogP contribution is 2.33. The van der Waals surface area contributed by atoms with Gasteiger partial charge in [0, 0.05) is 6.42 Å². The minimum absolute atomic E-state index is 0.225. The average molecular weight is 950 g/mol. The third-order valence-electron chi connectivity index (χ3n) is 12.2. The fourth-order valence-electron chi connectivity index (χ4n) is 8.03. The molecule has 19 heteroatoms. The number of unbranched alkanes of at least 4 members (excludes halogenated alkanes) is 12. The van der Waals surface area contributed by atoms with E-state index >= 15 is 0 Å². The first-order chi connectivity index (χ1) is 31.8. The summed E-state index contributed by atoms with van der Waals surface area (Å²) in [5.74, 6) is -0.298. The molecule has 12 N–H and O–H groups in total. The van der Waals surface area contributed by atoms with E-state index in [9.17, 15) is 61.0 Å². The van der Waals surface area contributed by atoms with Gasteiger partial charge in [-0.2, -0.15) is 0 Å². The molecule has 0 aromatic rings. The van der Waals surface area contributed by atoms with Crippen LogP contribution >= 0.6 is 0 Å². The highest BCUT2D eigenvalue weighted by Gasteiger charge is 2.53.